The van der Waals surface area contributed by atoms with Crippen molar-refractivity contribution in [2.75, 3.05) is 11.1 Å². The van der Waals surface area contributed by atoms with E-state index in [4.69, 9.17) is 11.5 Å². The van der Waals surface area contributed by atoms with Gasteiger partial charge in [-0.1, -0.05) is 6.07 Å². The van der Waals surface area contributed by atoms with Crippen LogP contribution in [0.4, 0.5) is 33.3 Å². The molecule has 1 aliphatic rings. The Morgan fingerprint density at radius 1 is 1.06 bits per heavy atom. The molecule has 0 radical (unpaired) electrons. The van der Waals surface area contributed by atoms with Crippen molar-refractivity contribution >= 4 is 17.3 Å². The summed E-state index contributed by atoms with van der Waals surface area (Å²) in [4.78, 5) is 20.8. The summed E-state index contributed by atoms with van der Waals surface area (Å²) in [7, 11) is 0. The fourth-order valence-electron chi connectivity index (χ4n) is 4.50. The monoisotopic (exact) mass is 491 g/mol. The van der Waals surface area contributed by atoms with Crippen LogP contribution in [0, 0.1) is 23.4 Å². The Morgan fingerprint density at radius 3 is 2.46 bits per heavy atom. The van der Waals surface area contributed by atoms with Crippen molar-refractivity contribution in [2.24, 2.45) is 11.7 Å². The Balaban J connectivity index is 1.67. The van der Waals surface area contributed by atoms with E-state index < -0.39 is 58.7 Å². The van der Waals surface area contributed by atoms with Crippen LogP contribution < -0.4 is 16.8 Å². The molecule has 1 fully saturated rings. The Morgan fingerprint density at radius 2 is 1.77 bits per heavy atom. The average molecular weight is 491 g/mol. The van der Waals surface area contributed by atoms with E-state index in [1.54, 1.807) is 6.07 Å². The molecule has 3 atom stereocenters. The maximum absolute atomic E-state index is 14.5. The Labute approximate surface area is 197 Å². The zero-order valence-electron chi connectivity index (χ0n) is 18.3. The summed E-state index contributed by atoms with van der Waals surface area (Å²) in [5.41, 5.74) is 10.3. The van der Waals surface area contributed by atoms with Gasteiger partial charge in [0.1, 0.15) is 17.3 Å². The highest BCUT2D eigenvalue weighted by Gasteiger charge is 2.34. The van der Waals surface area contributed by atoms with Crippen LogP contribution in [0.15, 0.2) is 42.7 Å². The van der Waals surface area contributed by atoms with E-state index in [0.717, 1.165) is 24.3 Å². The van der Waals surface area contributed by atoms with Crippen molar-refractivity contribution in [2.45, 2.75) is 37.6 Å². The minimum absolute atomic E-state index is 0.173. The van der Waals surface area contributed by atoms with Gasteiger partial charge in [-0.05, 0) is 48.9 Å². The van der Waals surface area contributed by atoms with E-state index >= 15 is 0 Å². The lowest BCUT2D eigenvalue weighted by Gasteiger charge is -2.33. The first kappa shape index (κ1) is 24.5. The van der Waals surface area contributed by atoms with E-state index in [1.807, 2.05) is 0 Å². The first-order valence-corrected chi connectivity index (χ1v) is 10.8. The summed E-state index contributed by atoms with van der Waals surface area (Å²) >= 11 is 0. The molecule has 1 amide bonds. The molecule has 6 nitrogen and oxygen atoms in total. The highest BCUT2D eigenvalue weighted by atomic mass is 19.3. The fraction of sp³-hybridized carbons (Fsp3) is 0.292. The molecule has 0 saturated heterocycles. The second kappa shape index (κ2) is 9.95. The molecule has 0 aliphatic heterocycles. The fourth-order valence-corrected chi connectivity index (χ4v) is 4.50. The number of alkyl halides is 2. The summed E-state index contributed by atoms with van der Waals surface area (Å²) in [5.74, 6) is -5.38. The Hall–Kier alpha value is -3.60. The van der Waals surface area contributed by atoms with Gasteiger partial charge in [-0.25, -0.2) is 26.9 Å². The third-order valence-corrected chi connectivity index (χ3v) is 6.10. The standard InChI is InChI=1S/C24H22F5N5O/c25-15-2-1-3-16(26)20(15)21-17(27)9-18(31)22(34-21)24(35)33-19-10-32-5-4-14(19)11-6-12(23(28)29)8-13(30)7-11/h1-5,9-13,23H,6-8,30-31H2,(H,33,35)/t11-,12+,13-/m1/s1. The number of benzene rings is 1. The third-order valence-electron chi connectivity index (χ3n) is 6.10. The molecule has 1 aromatic carbocycles. The number of anilines is 2. The average Bonchev–Trinajstić information content (AvgIpc) is 2.80. The van der Waals surface area contributed by atoms with Crippen LogP contribution in [-0.2, 0) is 0 Å². The van der Waals surface area contributed by atoms with E-state index in [9.17, 15) is 26.7 Å². The lowest BCUT2D eigenvalue weighted by atomic mass is 9.75. The lowest BCUT2D eigenvalue weighted by molar-refractivity contribution is 0.0462. The minimum atomic E-state index is -2.52. The molecule has 184 valence electrons. The van der Waals surface area contributed by atoms with Crippen molar-refractivity contribution in [3.05, 3.63) is 71.4 Å². The molecule has 2 heterocycles. The van der Waals surface area contributed by atoms with Crippen molar-refractivity contribution in [1.82, 2.24) is 9.97 Å². The highest BCUT2D eigenvalue weighted by Crippen LogP contribution is 2.40. The second-order valence-electron chi connectivity index (χ2n) is 8.53. The Bertz CT molecular complexity index is 1230. The molecule has 5 N–H and O–H groups in total. The van der Waals surface area contributed by atoms with Gasteiger partial charge in [0, 0.05) is 24.2 Å². The zero-order chi connectivity index (χ0) is 25.3. The topological polar surface area (TPSA) is 107 Å². The van der Waals surface area contributed by atoms with Crippen LogP contribution in [0.25, 0.3) is 11.3 Å². The predicted molar refractivity (Wildman–Crippen MR) is 120 cm³/mol. The maximum Gasteiger partial charge on any atom is 0.276 e. The first-order valence-electron chi connectivity index (χ1n) is 10.8. The SMILES string of the molecule is Nc1cc(F)c(-c2c(F)cccc2F)nc1C(=O)Nc1cnccc1[C@H]1C[C@@H](N)C[C@@H](C(F)F)C1. The number of hydrogen-bond acceptors (Lipinski definition) is 5. The van der Waals surface area contributed by atoms with Gasteiger partial charge in [0.05, 0.1) is 23.1 Å². The summed E-state index contributed by atoms with van der Waals surface area (Å²) in [6.07, 6.45) is 1.08. The predicted octanol–water partition coefficient (Wildman–Crippen LogP) is 4.87. The van der Waals surface area contributed by atoms with Crippen LogP contribution in [0.3, 0.4) is 0 Å². The van der Waals surface area contributed by atoms with Gasteiger partial charge in [0.15, 0.2) is 11.5 Å². The number of carbonyl (C=O) groups is 1. The first-order chi connectivity index (χ1) is 16.7. The maximum atomic E-state index is 14.5. The Kier molecular flexibility index (Phi) is 6.97. The highest BCUT2D eigenvalue weighted by molar-refractivity contribution is 6.06. The molecular formula is C24H22F5N5O. The zero-order valence-corrected chi connectivity index (χ0v) is 18.3. The van der Waals surface area contributed by atoms with Crippen LogP contribution in [0.1, 0.15) is 41.2 Å². The quantitative estimate of drug-likeness (QED) is 0.442. The number of nitrogens with one attached hydrogen (secondary N) is 1. The molecule has 3 aromatic rings. The minimum Gasteiger partial charge on any atom is -0.397 e. The van der Waals surface area contributed by atoms with E-state index in [0.29, 0.717) is 12.0 Å². The summed E-state index contributed by atoms with van der Waals surface area (Å²) in [5, 5.41) is 2.57. The number of nitrogens with two attached hydrogens (primary N) is 2. The summed E-state index contributed by atoms with van der Waals surface area (Å²) in [6.45, 7) is 0. The molecule has 35 heavy (non-hydrogen) atoms. The van der Waals surface area contributed by atoms with Crippen LogP contribution >= 0.6 is 0 Å². The molecule has 11 heteroatoms. The molecule has 2 aromatic heterocycles. The van der Waals surface area contributed by atoms with Crippen molar-refractivity contribution in [3.8, 4) is 11.3 Å². The van der Waals surface area contributed by atoms with Crippen molar-refractivity contribution in [3.63, 3.8) is 0 Å². The second-order valence-corrected chi connectivity index (χ2v) is 8.53. The number of hydrogen-bond donors (Lipinski definition) is 3. The number of nitrogen functional groups attached to an aromatic ring is 1. The molecule has 0 bridgehead atoms. The molecule has 0 unspecified atom stereocenters. The molecule has 1 aliphatic carbocycles. The summed E-state index contributed by atoms with van der Waals surface area (Å²) < 4.78 is 69.7. The number of amides is 1. The van der Waals surface area contributed by atoms with Gasteiger partial charge in [0.2, 0.25) is 6.43 Å². The lowest BCUT2D eigenvalue weighted by Crippen LogP contribution is -2.35. The number of halogens is 5. The van der Waals surface area contributed by atoms with E-state index in [-0.39, 0.29) is 30.1 Å². The summed E-state index contributed by atoms with van der Waals surface area (Å²) in [6, 6.07) is 4.88. The normalized spacial score (nSPS) is 20.1. The van der Waals surface area contributed by atoms with E-state index in [1.165, 1.54) is 12.4 Å². The van der Waals surface area contributed by atoms with Gasteiger partial charge in [-0.2, -0.15) is 0 Å². The third kappa shape index (κ3) is 5.09. The van der Waals surface area contributed by atoms with Crippen LogP contribution in [0.5, 0.6) is 0 Å². The van der Waals surface area contributed by atoms with Crippen LogP contribution in [-0.4, -0.2) is 28.3 Å². The van der Waals surface area contributed by atoms with Gasteiger partial charge < -0.3 is 16.8 Å². The van der Waals surface area contributed by atoms with E-state index in [2.05, 4.69) is 15.3 Å². The number of rotatable bonds is 5. The van der Waals surface area contributed by atoms with Gasteiger partial charge in [0.25, 0.3) is 5.91 Å². The van der Waals surface area contributed by atoms with Crippen molar-refractivity contribution < 1.29 is 26.7 Å². The smallest absolute Gasteiger partial charge is 0.276 e. The number of pyridine rings is 2. The van der Waals surface area contributed by atoms with Crippen molar-refractivity contribution in [1.29, 1.82) is 0 Å². The van der Waals surface area contributed by atoms with Gasteiger partial charge >= 0.3 is 0 Å². The van der Waals surface area contributed by atoms with Gasteiger partial charge in [-0.3, -0.25) is 9.78 Å². The number of nitrogens with zero attached hydrogens (tertiary/aromatic N) is 2. The molecular weight excluding hydrogens is 469 g/mol. The molecule has 4 rings (SSSR count). The largest absolute Gasteiger partial charge is 0.397 e. The molecule has 0 spiro atoms. The molecule has 1 saturated carbocycles. The van der Waals surface area contributed by atoms with Crippen LogP contribution in [0.2, 0.25) is 0 Å². The number of aromatic nitrogens is 2. The van der Waals surface area contributed by atoms with Gasteiger partial charge in [-0.15, -0.1) is 0 Å². The number of carbonyl (C=O) groups excluding carboxylic acids is 1.